The van der Waals surface area contributed by atoms with Crippen LogP contribution in [0.2, 0.25) is 0 Å². The van der Waals surface area contributed by atoms with E-state index in [0.29, 0.717) is 17.7 Å². The van der Waals surface area contributed by atoms with Gasteiger partial charge in [-0.05, 0) is 34.2 Å². The fourth-order valence-electron chi connectivity index (χ4n) is 3.52. The molecule has 1 heterocycles. The molecule has 1 atom stereocenters. The minimum absolute atomic E-state index is 0.112. The first kappa shape index (κ1) is 22.3. The average molecular weight is 438 g/mol. The first-order valence-electron chi connectivity index (χ1n) is 9.91. The zero-order chi connectivity index (χ0) is 21.5. The molecule has 0 amide bonds. The molecule has 0 radical (unpaired) electrons. The molecule has 1 fully saturated rings. The Morgan fingerprint density at radius 1 is 1.13 bits per heavy atom. The van der Waals surface area contributed by atoms with Gasteiger partial charge in [-0.3, -0.25) is 10.3 Å². The standard InChI is InChI=1S/C23H27N5S2/c24-13-19(15-29)18-4-5-21(25)20(12-18)23(27)22(26)11-16-2-1-3-17(10-16)14-28-6-8-30-9-7-28/h1-5,10,12-13,15,19,24,26-27H,6-9,11,14,25H2. The number of benzene rings is 2. The summed E-state index contributed by atoms with van der Waals surface area (Å²) >= 11 is 7.00. The van der Waals surface area contributed by atoms with E-state index in [4.69, 9.17) is 34.2 Å². The lowest BCUT2D eigenvalue weighted by Gasteiger charge is -2.26. The van der Waals surface area contributed by atoms with Gasteiger partial charge in [-0.1, -0.05) is 42.5 Å². The number of nitrogens with one attached hydrogen (secondary N) is 3. The quantitative estimate of drug-likeness (QED) is 0.268. The van der Waals surface area contributed by atoms with Crippen molar-refractivity contribution in [2.45, 2.75) is 18.9 Å². The molecule has 0 bridgehead atoms. The van der Waals surface area contributed by atoms with Crippen molar-refractivity contribution in [2.75, 3.05) is 30.3 Å². The van der Waals surface area contributed by atoms with Crippen LogP contribution in [0.15, 0.2) is 42.5 Å². The van der Waals surface area contributed by atoms with Crippen molar-refractivity contribution in [3.8, 4) is 0 Å². The summed E-state index contributed by atoms with van der Waals surface area (Å²) in [5.74, 6) is 2.07. The Balaban J connectivity index is 1.72. The molecule has 0 aromatic heterocycles. The van der Waals surface area contributed by atoms with Crippen molar-refractivity contribution in [1.82, 2.24) is 4.90 Å². The SMILES string of the molecule is N=CC(C=S)c1ccc(N)c(C(=N)C(=N)Cc2cccc(CN3CCSCC3)c2)c1. The van der Waals surface area contributed by atoms with Crippen molar-refractivity contribution in [2.24, 2.45) is 0 Å². The first-order valence-corrected chi connectivity index (χ1v) is 11.5. The smallest absolute Gasteiger partial charge is 0.0844 e. The van der Waals surface area contributed by atoms with Gasteiger partial charge in [0.25, 0.3) is 0 Å². The lowest BCUT2D eigenvalue weighted by Crippen LogP contribution is -2.31. The maximum atomic E-state index is 8.53. The average Bonchev–Trinajstić information content (AvgIpc) is 2.76. The number of rotatable bonds is 9. The third-order valence-electron chi connectivity index (χ3n) is 5.24. The van der Waals surface area contributed by atoms with E-state index in [9.17, 15) is 0 Å². The maximum Gasteiger partial charge on any atom is 0.0844 e. The Bertz CT molecular complexity index is 942. The fraction of sp³-hybridized carbons (Fsp3) is 0.304. The van der Waals surface area contributed by atoms with E-state index in [1.807, 2.05) is 30.0 Å². The molecular formula is C23H27N5S2. The predicted molar refractivity (Wildman–Crippen MR) is 133 cm³/mol. The van der Waals surface area contributed by atoms with Crippen LogP contribution < -0.4 is 5.73 Å². The third-order valence-corrected chi connectivity index (χ3v) is 6.48. The summed E-state index contributed by atoms with van der Waals surface area (Å²) in [4.78, 5) is 2.46. The van der Waals surface area contributed by atoms with Gasteiger partial charge in [0.15, 0.2) is 0 Å². The van der Waals surface area contributed by atoms with E-state index in [0.717, 1.165) is 30.8 Å². The van der Waals surface area contributed by atoms with Gasteiger partial charge in [-0.25, -0.2) is 0 Å². The summed E-state index contributed by atoms with van der Waals surface area (Å²) < 4.78 is 0. The van der Waals surface area contributed by atoms with Crippen molar-refractivity contribution in [3.63, 3.8) is 0 Å². The van der Waals surface area contributed by atoms with Crippen LogP contribution in [0.3, 0.4) is 0 Å². The summed E-state index contributed by atoms with van der Waals surface area (Å²) in [6.07, 6.45) is 1.65. The molecule has 1 aliphatic rings. The number of hydrogen-bond donors (Lipinski definition) is 4. The van der Waals surface area contributed by atoms with Crippen LogP contribution in [0.1, 0.15) is 28.2 Å². The monoisotopic (exact) mass is 437 g/mol. The largest absolute Gasteiger partial charge is 0.398 e. The topological polar surface area (TPSA) is 101 Å². The normalized spacial score (nSPS) is 15.3. The van der Waals surface area contributed by atoms with Gasteiger partial charge < -0.3 is 16.6 Å². The van der Waals surface area contributed by atoms with Gasteiger partial charge in [0, 0.05) is 60.9 Å². The van der Waals surface area contributed by atoms with E-state index in [1.54, 1.807) is 12.1 Å². The van der Waals surface area contributed by atoms with Crippen LogP contribution in [0.4, 0.5) is 5.69 Å². The molecule has 0 aliphatic carbocycles. The van der Waals surface area contributed by atoms with Crippen LogP contribution in [0, 0.1) is 16.2 Å². The zero-order valence-corrected chi connectivity index (χ0v) is 18.5. The Kier molecular flexibility index (Phi) is 7.90. The highest BCUT2D eigenvalue weighted by Crippen LogP contribution is 2.21. The third kappa shape index (κ3) is 5.62. The second-order valence-electron chi connectivity index (χ2n) is 7.41. The van der Waals surface area contributed by atoms with Crippen LogP contribution in [0.25, 0.3) is 0 Å². The van der Waals surface area contributed by atoms with E-state index >= 15 is 0 Å². The molecule has 1 saturated heterocycles. The summed E-state index contributed by atoms with van der Waals surface area (Å²) in [7, 11) is 0. The second-order valence-corrected chi connectivity index (χ2v) is 8.91. The molecule has 30 heavy (non-hydrogen) atoms. The molecule has 3 rings (SSSR count). The van der Waals surface area contributed by atoms with Crippen LogP contribution >= 0.6 is 24.0 Å². The molecule has 1 aliphatic heterocycles. The molecule has 2 aromatic rings. The predicted octanol–water partition coefficient (Wildman–Crippen LogP) is 4.18. The van der Waals surface area contributed by atoms with Crippen molar-refractivity contribution < 1.29 is 0 Å². The number of hydrogen-bond acceptors (Lipinski definition) is 7. The Hall–Kier alpha value is -2.35. The van der Waals surface area contributed by atoms with Crippen molar-refractivity contribution in [3.05, 3.63) is 64.7 Å². The number of nitrogens with zero attached hydrogens (tertiary/aromatic N) is 1. The van der Waals surface area contributed by atoms with Crippen LogP contribution in [-0.4, -0.2) is 52.5 Å². The number of nitrogen functional groups attached to an aromatic ring is 1. The zero-order valence-electron chi connectivity index (χ0n) is 16.9. The first-order chi connectivity index (χ1) is 14.5. The van der Waals surface area contributed by atoms with Gasteiger partial charge in [-0.15, -0.1) is 0 Å². The number of nitrogens with two attached hydrogens (primary N) is 1. The highest BCUT2D eigenvalue weighted by atomic mass is 32.2. The Morgan fingerprint density at radius 3 is 2.57 bits per heavy atom. The highest BCUT2D eigenvalue weighted by Gasteiger charge is 2.16. The molecule has 2 aromatic carbocycles. The molecular weight excluding hydrogens is 410 g/mol. The molecule has 7 heteroatoms. The van der Waals surface area contributed by atoms with Gasteiger partial charge in [-0.2, -0.15) is 11.8 Å². The highest BCUT2D eigenvalue weighted by molar-refractivity contribution is 7.99. The molecule has 5 N–H and O–H groups in total. The van der Waals surface area contributed by atoms with Gasteiger partial charge in [0.2, 0.25) is 0 Å². The van der Waals surface area contributed by atoms with Gasteiger partial charge >= 0.3 is 0 Å². The number of thiocarbonyl (C=S) groups is 1. The second kappa shape index (κ2) is 10.6. The molecule has 0 spiro atoms. The summed E-state index contributed by atoms with van der Waals surface area (Å²) in [6, 6.07) is 13.6. The van der Waals surface area contributed by atoms with Crippen molar-refractivity contribution in [1.29, 1.82) is 16.2 Å². The van der Waals surface area contributed by atoms with Gasteiger partial charge in [0.05, 0.1) is 11.4 Å². The van der Waals surface area contributed by atoms with Crippen LogP contribution in [-0.2, 0) is 13.0 Å². The maximum absolute atomic E-state index is 8.53. The lowest BCUT2D eigenvalue weighted by atomic mass is 9.93. The minimum atomic E-state index is -0.300. The summed E-state index contributed by atoms with van der Waals surface area (Å²) in [6.45, 7) is 3.16. The fourth-order valence-corrected chi connectivity index (χ4v) is 4.74. The van der Waals surface area contributed by atoms with Crippen molar-refractivity contribution >= 4 is 52.7 Å². The summed E-state index contributed by atoms with van der Waals surface area (Å²) in [5, 5.41) is 26.1. The Labute approximate surface area is 187 Å². The van der Waals surface area contributed by atoms with E-state index in [-0.39, 0.29) is 17.3 Å². The van der Waals surface area contributed by atoms with Gasteiger partial charge in [0.1, 0.15) is 0 Å². The van der Waals surface area contributed by atoms with E-state index in [2.05, 4.69) is 17.0 Å². The Morgan fingerprint density at radius 2 is 1.87 bits per heavy atom. The number of anilines is 1. The van der Waals surface area contributed by atoms with E-state index in [1.165, 1.54) is 28.7 Å². The summed E-state index contributed by atoms with van der Waals surface area (Å²) in [5.41, 5.74) is 10.5. The minimum Gasteiger partial charge on any atom is -0.398 e. The molecule has 1 unspecified atom stereocenters. The van der Waals surface area contributed by atoms with E-state index < -0.39 is 0 Å². The lowest BCUT2D eigenvalue weighted by molar-refractivity contribution is 0.294. The number of thioether (sulfide) groups is 1. The van der Waals surface area contributed by atoms with Crippen LogP contribution in [0.5, 0.6) is 0 Å². The molecule has 5 nitrogen and oxygen atoms in total. The molecule has 156 valence electrons. The molecule has 0 saturated carbocycles.